The SMILES string of the molecule is CN1C(C(=O)Nc2ccc(F)c(Cl)c2)CC(c2ccc(-c3ccc(Br)c(F)c3)s2)NS1(=O)=O. The maximum atomic E-state index is 13.9. The third-order valence-corrected chi connectivity index (χ3v) is 9.01. The van der Waals surface area contributed by atoms with Crippen LogP contribution < -0.4 is 10.0 Å². The second kappa shape index (κ2) is 9.40. The van der Waals surface area contributed by atoms with Crippen LogP contribution in [0.15, 0.2) is 53.0 Å². The molecule has 2 unspecified atom stereocenters. The van der Waals surface area contributed by atoms with E-state index >= 15 is 0 Å². The Morgan fingerprint density at radius 2 is 1.94 bits per heavy atom. The van der Waals surface area contributed by atoms with Crippen molar-refractivity contribution in [1.29, 1.82) is 0 Å². The van der Waals surface area contributed by atoms with E-state index in [1.165, 1.54) is 36.6 Å². The average molecular weight is 577 g/mol. The van der Waals surface area contributed by atoms with E-state index in [4.69, 9.17) is 11.6 Å². The summed E-state index contributed by atoms with van der Waals surface area (Å²) in [4.78, 5) is 14.4. The first-order valence-electron chi connectivity index (χ1n) is 9.61. The lowest BCUT2D eigenvalue weighted by Crippen LogP contribution is -2.55. The van der Waals surface area contributed by atoms with E-state index in [0.29, 0.717) is 14.9 Å². The van der Waals surface area contributed by atoms with Crippen molar-refractivity contribution < 1.29 is 22.0 Å². The lowest BCUT2D eigenvalue weighted by molar-refractivity contribution is -0.120. The molecule has 33 heavy (non-hydrogen) atoms. The van der Waals surface area contributed by atoms with Gasteiger partial charge in [0, 0.05) is 22.5 Å². The van der Waals surface area contributed by atoms with E-state index in [9.17, 15) is 22.0 Å². The lowest BCUT2D eigenvalue weighted by atomic mass is 10.1. The van der Waals surface area contributed by atoms with E-state index in [1.807, 2.05) is 0 Å². The van der Waals surface area contributed by atoms with Gasteiger partial charge in [-0.25, -0.2) is 8.78 Å². The summed E-state index contributed by atoms with van der Waals surface area (Å²) >= 11 is 10.2. The number of rotatable bonds is 4. The summed E-state index contributed by atoms with van der Waals surface area (Å²) in [7, 11) is -2.64. The number of anilines is 1. The first-order valence-corrected chi connectivity index (χ1v) is 13.0. The van der Waals surface area contributed by atoms with Gasteiger partial charge in [0.1, 0.15) is 17.7 Å². The number of nitrogens with zero attached hydrogens (tertiary/aromatic N) is 1. The van der Waals surface area contributed by atoms with E-state index in [1.54, 1.807) is 24.3 Å². The molecule has 0 aliphatic carbocycles. The number of amides is 1. The minimum Gasteiger partial charge on any atom is -0.325 e. The molecule has 1 aromatic heterocycles. The number of hydrogen-bond donors (Lipinski definition) is 2. The van der Waals surface area contributed by atoms with Gasteiger partial charge in [-0.15, -0.1) is 11.3 Å². The maximum Gasteiger partial charge on any atom is 0.280 e. The molecule has 4 rings (SSSR count). The Morgan fingerprint density at radius 1 is 1.18 bits per heavy atom. The minimum absolute atomic E-state index is 0.158. The minimum atomic E-state index is -3.95. The van der Waals surface area contributed by atoms with Gasteiger partial charge in [-0.2, -0.15) is 17.4 Å². The first kappa shape index (κ1) is 24.2. The van der Waals surface area contributed by atoms with Gasteiger partial charge in [0.25, 0.3) is 10.2 Å². The highest BCUT2D eigenvalue weighted by atomic mass is 79.9. The zero-order valence-corrected chi connectivity index (χ0v) is 21.0. The van der Waals surface area contributed by atoms with Crippen LogP contribution in [0.2, 0.25) is 5.02 Å². The molecular weight excluding hydrogens is 560 g/mol. The predicted octanol–water partition coefficient (Wildman–Crippen LogP) is 5.33. The van der Waals surface area contributed by atoms with Crippen molar-refractivity contribution in [3.8, 4) is 10.4 Å². The van der Waals surface area contributed by atoms with Crippen molar-refractivity contribution in [2.75, 3.05) is 12.4 Å². The molecule has 0 radical (unpaired) electrons. The van der Waals surface area contributed by atoms with Crippen molar-refractivity contribution in [3.05, 3.63) is 74.5 Å². The third-order valence-electron chi connectivity index (χ3n) is 5.23. The van der Waals surface area contributed by atoms with Crippen molar-refractivity contribution in [1.82, 2.24) is 9.03 Å². The molecule has 0 saturated carbocycles. The second-order valence-corrected chi connectivity index (χ2v) is 11.5. The molecule has 2 heterocycles. The predicted molar refractivity (Wildman–Crippen MR) is 128 cm³/mol. The second-order valence-electron chi connectivity index (χ2n) is 7.39. The van der Waals surface area contributed by atoms with Crippen LogP contribution in [0.5, 0.6) is 0 Å². The third kappa shape index (κ3) is 5.13. The van der Waals surface area contributed by atoms with Crippen LogP contribution in [0.1, 0.15) is 17.3 Å². The molecule has 2 N–H and O–H groups in total. The lowest BCUT2D eigenvalue weighted by Gasteiger charge is -2.35. The van der Waals surface area contributed by atoms with Gasteiger partial charge in [0.2, 0.25) is 5.91 Å². The standard InChI is InChI=1S/C21H17BrClF2N3O3S2/c1-28-18(21(29)26-12-3-5-15(24)14(23)9-12)10-17(27-33(28,30)31)20-7-6-19(32-20)11-2-4-13(22)16(25)8-11/h2-9,17-18,27H,10H2,1H3,(H,26,29). The number of carbonyl (C=O) groups excluding carboxylic acids is 1. The Kier molecular flexibility index (Phi) is 6.90. The number of hydrogen-bond acceptors (Lipinski definition) is 4. The highest BCUT2D eigenvalue weighted by molar-refractivity contribution is 9.10. The summed E-state index contributed by atoms with van der Waals surface area (Å²) in [5, 5.41) is 2.44. The summed E-state index contributed by atoms with van der Waals surface area (Å²) < 4.78 is 56.6. The summed E-state index contributed by atoms with van der Waals surface area (Å²) in [6.45, 7) is 0. The Labute approximate surface area is 206 Å². The van der Waals surface area contributed by atoms with Crippen LogP contribution in [0.25, 0.3) is 10.4 Å². The highest BCUT2D eigenvalue weighted by Gasteiger charge is 2.41. The fourth-order valence-corrected chi connectivity index (χ4v) is 6.28. The Balaban J connectivity index is 1.57. The number of carbonyl (C=O) groups is 1. The number of halogens is 4. The molecule has 1 saturated heterocycles. The van der Waals surface area contributed by atoms with Gasteiger partial charge < -0.3 is 5.32 Å². The van der Waals surface area contributed by atoms with Gasteiger partial charge in [0.15, 0.2) is 0 Å². The van der Waals surface area contributed by atoms with E-state index in [-0.39, 0.29) is 17.1 Å². The molecule has 2 aromatic carbocycles. The van der Waals surface area contributed by atoms with Crippen LogP contribution in [-0.2, 0) is 15.0 Å². The van der Waals surface area contributed by atoms with Gasteiger partial charge in [-0.05, 0) is 70.4 Å². The normalized spacial score (nSPS) is 20.5. The Bertz CT molecular complexity index is 1340. The molecule has 1 fully saturated rings. The summed E-state index contributed by atoms with van der Waals surface area (Å²) in [5.41, 5.74) is 0.910. The molecule has 0 bridgehead atoms. The number of benzene rings is 2. The smallest absolute Gasteiger partial charge is 0.280 e. The van der Waals surface area contributed by atoms with Gasteiger partial charge in [0.05, 0.1) is 15.5 Å². The molecule has 1 aliphatic rings. The van der Waals surface area contributed by atoms with E-state index in [2.05, 4.69) is 26.0 Å². The first-order chi connectivity index (χ1) is 15.5. The average Bonchev–Trinajstić information content (AvgIpc) is 3.25. The molecule has 6 nitrogen and oxygen atoms in total. The number of thiophene rings is 1. The van der Waals surface area contributed by atoms with Gasteiger partial charge >= 0.3 is 0 Å². The van der Waals surface area contributed by atoms with Crippen molar-refractivity contribution in [2.45, 2.75) is 18.5 Å². The summed E-state index contributed by atoms with van der Waals surface area (Å²) in [5.74, 6) is -1.60. The highest BCUT2D eigenvalue weighted by Crippen LogP contribution is 2.37. The molecule has 174 valence electrons. The van der Waals surface area contributed by atoms with E-state index in [0.717, 1.165) is 15.2 Å². The largest absolute Gasteiger partial charge is 0.325 e. The zero-order chi connectivity index (χ0) is 23.9. The Hall–Kier alpha value is -1.89. The maximum absolute atomic E-state index is 13.9. The number of likely N-dealkylation sites (N-methyl/N-ethyl adjacent to an activating group) is 1. The topological polar surface area (TPSA) is 78.5 Å². The van der Waals surface area contributed by atoms with Crippen molar-refractivity contribution in [3.63, 3.8) is 0 Å². The van der Waals surface area contributed by atoms with Crippen molar-refractivity contribution >= 4 is 60.7 Å². The van der Waals surface area contributed by atoms with Crippen LogP contribution in [0.4, 0.5) is 14.5 Å². The fraction of sp³-hybridized carbons (Fsp3) is 0.190. The fourth-order valence-electron chi connectivity index (χ4n) is 3.44. The van der Waals surface area contributed by atoms with Crippen LogP contribution >= 0.6 is 38.9 Å². The molecule has 3 aromatic rings. The number of nitrogens with one attached hydrogen (secondary N) is 2. The van der Waals surface area contributed by atoms with Crippen LogP contribution in [0.3, 0.4) is 0 Å². The van der Waals surface area contributed by atoms with Crippen LogP contribution in [-0.4, -0.2) is 31.7 Å². The van der Waals surface area contributed by atoms with Gasteiger partial charge in [-0.3, -0.25) is 4.79 Å². The zero-order valence-electron chi connectivity index (χ0n) is 17.0. The molecule has 0 spiro atoms. The van der Waals surface area contributed by atoms with E-state index < -0.39 is 39.8 Å². The molecular formula is C21H17BrClF2N3O3S2. The molecule has 2 atom stereocenters. The van der Waals surface area contributed by atoms with Crippen molar-refractivity contribution in [2.24, 2.45) is 0 Å². The molecule has 1 aliphatic heterocycles. The molecule has 1 amide bonds. The van der Waals surface area contributed by atoms with Crippen LogP contribution in [0, 0.1) is 11.6 Å². The van der Waals surface area contributed by atoms with Gasteiger partial charge in [-0.1, -0.05) is 17.7 Å². The summed E-state index contributed by atoms with van der Waals surface area (Å²) in [6.07, 6.45) is 0.158. The molecule has 12 heteroatoms. The quantitative estimate of drug-likeness (QED) is 0.441. The monoisotopic (exact) mass is 575 g/mol. The summed E-state index contributed by atoms with van der Waals surface area (Å²) in [6, 6.07) is 10.3. The Morgan fingerprint density at radius 3 is 2.64 bits per heavy atom.